The van der Waals surface area contributed by atoms with Crippen LogP contribution in [0.2, 0.25) is 0 Å². The van der Waals surface area contributed by atoms with Gasteiger partial charge in [0.15, 0.2) is 0 Å². The van der Waals surface area contributed by atoms with E-state index < -0.39 is 16.6 Å². The largest absolute Gasteiger partial charge is 0.490 e. The highest BCUT2D eigenvalue weighted by Gasteiger charge is 2.19. The zero-order chi connectivity index (χ0) is 19.6. The van der Waals surface area contributed by atoms with Crippen LogP contribution in [0.5, 0.6) is 5.75 Å². The summed E-state index contributed by atoms with van der Waals surface area (Å²) in [6.07, 6.45) is 0.00849. The van der Waals surface area contributed by atoms with Crippen LogP contribution in [0.15, 0.2) is 35.3 Å². The molecule has 0 fully saturated rings. The topological polar surface area (TPSA) is 115 Å². The SMILES string of the molecule is CC(C)Oc1ccc([N+](=O)[O-])cc1-c1cc(N(C)C(=O)O)c(=O)n(C)c1. The van der Waals surface area contributed by atoms with E-state index in [4.69, 9.17) is 9.84 Å². The third kappa shape index (κ3) is 3.82. The minimum absolute atomic E-state index is 0.0699. The molecule has 0 bridgehead atoms. The molecular formula is C17H19N3O6. The molecule has 2 rings (SSSR count). The Hall–Kier alpha value is -3.36. The van der Waals surface area contributed by atoms with E-state index in [0.29, 0.717) is 16.9 Å². The van der Waals surface area contributed by atoms with Crippen LogP contribution in [0.1, 0.15) is 13.8 Å². The van der Waals surface area contributed by atoms with Crippen LogP contribution < -0.4 is 15.2 Å². The van der Waals surface area contributed by atoms with Crippen LogP contribution in [-0.2, 0) is 7.05 Å². The van der Waals surface area contributed by atoms with Gasteiger partial charge in [-0.05, 0) is 26.0 Å². The van der Waals surface area contributed by atoms with Crippen molar-refractivity contribution in [3.8, 4) is 16.9 Å². The lowest BCUT2D eigenvalue weighted by Gasteiger charge is -2.18. The second-order valence-electron chi connectivity index (χ2n) is 5.98. The highest BCUT2D eigenvalue weighted by Crippen LogP contribution is 2.34. The lowest BCUT2D eigenvalue weighted by Crippen LogP contribution is -2.32. The number of rotatable bonds is 5. The van der Waals surface area contributed by atoms with Gasteiger partial charge in [0.1, 0.15) is 11.4 Å². The molecule has 0 atom stereocenters. The van der Waals surface area contributed by atoms with Crippen molar-refractivity contribution in [3.05, 3.63) is 50.9 Å². The molecule has 1 N–H and O–H groups in total. The van der Waals surface area contributed by atoms with Crippen LogP contribution in [-0.4, -0.2) is 33.8 Å². The third-order valence-corrected chi connectivity index (χ3v) is 3.66. The summed E-state index contributed by atoms with van der Waals surface area (Å²) >= 11 is 0. The van der Waals surface area contributed by atoms with E-state index >= 15 is 0 Å². The van der Waals surface area contributed by atoms with Gasteiger partial charge in [0, 0.05) is 43.6 Å². The number of ether oxygens (including phenoxy) is 1. The average Bonchev–Trinajstić information content (AvgIpc) is 2.56. The van der Waals surface area contributed by atoms with Crippen molar-refractivity contribution in [1.82, 2.24) is 4.57 Å². The summed E-state index contributed by atoms with van der Waals surface area (Å²) < 4.78 is 6.94. The van der Waals surface area contributed by atoms with Gasteiger partial charge in [-0.3, -0.25) is 19.8 Å². The number of amides is 1. The first-order chi connectivity index (χ1) is 12.1. The summed E-state index contributed by atoms with van der Waals surface area (Å²) in [6, 6.07) is 5.53. The van der Waals surface area contributed by atoms with Crippen molar-refractivity contribution < 1.29 is 19.6 Å². The van der Waals surface area contributed by atoms with Crippen molar-refractivity contribution in [1.29, 1.82) is 0 Å². The Morgan fingerprint density at radius 1 is 1.35 bits per heavy atom. The number of aryl methyl sites for hydroxylation is 1. The Bertz CT molecular complexity index is 919. The van der Waals surface area contributed by atoms with Crippen LogP contribution in [0.3, 0.4) is 0 Å². The lowest BCUT2D eigenvalue weighted by atomic mass is 10.0. The maximum Gasteiger partial charge on any atom is 0.411 e. The number of hydrogen-bond donors (Lipinski definition) is 1. The maximum atomic E-state index is 12.3. The fourth-order valence-corrected chi connectivity index (χ4v) is 2.40. The number of carboxylic acid groups (broad SMARTS) is 1. The summed E-state index contributed by atoms with van der Waals surface area (Å²) in [7, 11) is 2.73. The molecular weight excluding hydrogens is 342 g/mol. The number of carbonyl (C=O) groups is 1. The Morgan fingerprint density at radius 2 is 2.00 bits per heavy atom. The van der Waals surface area contributed by atoms with E-state index in [2.05, 4.69) is 0 Å². The second kappa shape index (κ2) is 7.26. The zero-order valence-electron chi connectivity index (χ0n) is 14.8. The molecule has 2 aromatic rings. The fourth-order valence-electron chi connectivity index (χ4n) is 2.40. The normalized spacial score (nSPS) is 10.7. The van der Waals surface area contributed by atoms with E-state index in [-0.39, 0.29) is 17.5 Å². The van der Waals surface area contributed by atoms with Gasteiger partial charge in [-0.1, -0.05) is 0 Å². The van der Waals surface area contributed by atoms with Gasteiger partial charge in [-0.25, -0.2) is 4.79 Å². The van der Waals surface area contributed by atoms with Crippen LogP contribution >= 0.6 is 0 Å². The van der Waals surface area contributed by atoms with Crippen molar-refractivity contribution in [2.45, 2.75) is 20.0 Å². The summed E-state index contributed by atoms with van der Waals surface area (Å²) in [5.74, 6) is 0.396. The Labute approximate surface area is 149 Å². The van der Waals surface area contributed by atoms with Gasteiger partial charge >= 0.3 is 6.09 Å². The average molecular weight is 361 g/mol. The highest BCUT2D eigenvalue weighted by molar-refractivity contribution is 5.86. The van der Waals surface area contributed by atoms with Gasteiger partial charge in [-0.2, -0.15) is 0 Å². The molecule has 138 valence electrons. The Kier molecular flexibility index (Phi) is 5.30. The number of pyridine rings is 1. The second-order valence-corrected chi connectivity index (χ2v) is 5.98. The number of aromatic nitrogens is 1. The van der Waals surface area contributed by atoms with E-state index in [1.54, 1.807) is 0 Å². The maximum absolute atomic E-state index is 12.3. The van der Waals surface area contributed by atoms with E-state index in [0.717, 1.165) is 4.90 Å². The van der Waals surface area contributed by atoms with Gasteiger partial charge < -0.3 is 14.4 Å². The number of nitro groups is 1. The van der Waals surface area contributed by atoms with Gasteiger partial charge in [0.05, 0.1) is 11.0 Å². The third-order valence-electron chi connectivity index (χ3n) is 3.66. The number of non-ortho nitro benzene ring substituents is 1. The molecule has 0 radical (unpaired) electrons. The van der Waals surface area contributed by atoms with Crippen molar-refractivity contribution in [2.75, 3.05) is 11.9 Å². The summed E-state index contributed by atoms with van der Waals surface area (Å²) in [5.41, 5.74) is 0.103. The van der Waals surface area contributed by atoms with Crippen LogP contribution in [0.25, 0.3) is 11.1 Å². The van der Waals surface area contributed by atoms with Crippen molar-refractivity contribution >= 4 is 17.5 Å². The lowest BCUT2D eigenvalue weighted by molar-refractivity contribution is -0.384. The molecule has 0 unspecified atom stereocenters. The molecule has 0 aliphatic rings. The molecule has 26 heavy (non-hydrogen) atoms. The standard InChI is InChI=1S/C17H19N3O6/c1-10(2)26-15-6-5-12(20(24)25)8-13(15)11-7-14(19(4)17(22)23)16(21)18(3)9-11/h5-10H,1-4H3,(H,22,23). The summed E-state index contributed by atoms with van der Waals surface area (Å²) in [6.45, 7) is 3.63. The molecule has 0 saturated heterocycles. The first-order valence-corrected chi connectivity index (χ1v) is 7.74. The van der Waals surface area contributed by atoms with E-state index in [1.807, 2.05) is 13.8 Å². The molecule has 0 aliphatic carbocycles. The van der Waals surface area contributed by atoms with Crippen molar-refractivity contribution in [2.24, 2.45) is 7.05 Å². The Balaban J connectivity index is 2.73. The molecule has 1 aromatic carbocycles. The zero-order valence-corrected chi connectivity index (χ0v) is 14.8. The van der Waals surface area contributed by atoms with Crippen LogP contribution in [0, 0.1) is 10.1 Å². The predicted molar refractivity (Wildman–Crippen MR) is 96.0 cm³/mol. The molecule has 0 aliphatic heterocycles. The quantitative estimate of drug-likeness (QED) is 0.647. The number of anilines is 1. The molecule has 1 amide bonds. The molecule has 1 heterocycles. The highest BCUT2D eigenvalue weighted by atomic mass is 16.6. The van der Waals surface area contributed by atoms with Crippen LogP contribution in [0.4, 0.5) is 16.2 Å². The van der Waals surface area contributed by atoms with Gasteiger partial charge in [-0.15, -0.1) is 0 Å². The number of nitro benzene ring substituents is 1. The Morgan fingerprint density at radius 3 is 2.54 bits per heavy atom. The monoisotopic (exact) mass is 361 g/mol. The minimum atomic E-state index is -1.29. The smallest absolute Gasteiger partial charge is 0.411 e. The number of benzene rings is 1. The molecule has 1 aromatic heterocycles. The first kappa shape index (κ1) is 19.0. The van der Waals surface area contributed by atoms with E-state index in [9.17, 15) is 19.7 Å². The van der Waals surface area contributed by atoms with E-state index in [1.165, 1.54) is 49.1 Å². The number of nitrogens with zero attached hydrogens (tertiary/aromatic N) is 3. The van der Waals surface area contributed by atoms with Gasteiger partial charge in [0.2, 0.25) is 0 Å². The number of hydrogen-bond acceptors (Lipinski definition) is 5. The molecule has 0 saturated carbocycles. The summed E-state index contributed by atoms with van der Waals surface area (Å²) in [5, 5.41) is 20.3. The van der Waals surface area contributed by atoms with Gasteiger partial charge in [0.25, 0.3) is 11.2 Å². The fraction of sp³-hybridized carbons (Fsp3) is 0.294. The molecule has 9 heteroatoms. The molecule has 0 spiro atoms. The minimum Gasteiger partial charge on any atom is -0.490 e. The summed E-state index contributed by atoms with van der Waals surface area (Å²) in [4.78, 5) is 34.9. The molecule has 9 nitrogen and oxygen atoms in total. The van der Waals surface area contributed by atoms with Crippen molar-refractivity contribution in [3.63, 3.8) is 0 Å². The predicted octanol–water partition coefficient (Wildman–Crippen LogP) is 2.86. The first-order valence-electron chi connectivity index (χ1n) is 7.74.